The molecular weight excluding hydrogens is 245 g/mol. The van der Waals surface area contributed by atoms with Gasteiger partial charge in [-0.25, -0.2) is 4.39 Å². The van der Waals surface area contributed by atoms with Crippen molar-refractivity contribution in [3.8, 4) is 5.75 Å². The fourth-order valence-electron chi connectivity index (χ4n) is 2.57. The predicted octanol–water partition coefficient (Wildman–Crippen LogP) is 3.18. The van der Waals surface area contributed by atoms with Crippen molar-refractivity contribution in [1.82, 2.24) is 0 Å². The van der Waals surface area contributed by atoms with Crippen LogP contribution in [-0.2, 0) is 4.74 Å². The Bertz CT molecular complexity index is 423. The monoisotopic (exact) mass is 267 g/mol. The van der Waals surface area contributed by atoms with Crippen LogP contribution in [0.25, 0.3) is 0 Å². The van der Waals surface area contributed by atoms with Gasteiger partial charge in [-0.15, -0.1) is 0 Å². The summed E-state index contributed by atoms with van der Waals surface area (Å²) in [5.41, 5.74) is 6.21. The zero-order chi connectivity index (χ0) is 13.8. The minimum atomic E-state index is -0.304. The van der Waals surface area contributed by atoms with E-state index in [1.165, 1.54) is 6.07 Å². The lowest BCUT2D eigenvalue weighted by molar-refractivity contribution is 0.0209. The van der Waals surface area contributed by atoms with Gasteiger partial charge in [0.2, 0.25) is 0 Å². The van der Waals surface area contributed by atoms with Crippen molar-refractivity contribution < 1.29 is 13.9 Å². The number of benzene rings is 1. The molecule has 4 heteroatoms. The van der Waals surface area contributed by atoms with E-state index in [0.29, 0.717) is 11.3 Å². The van der Waals surface area contributed by atoms with Gasteiger partial charge in [0.15, 0.2) is 0 Å². The minimum Gasteiger partial charge on any atom is -0.490 e. The van der Waals surface area contributed by atoms with Gasteiger partial charge in [-0.2, -0.15) is 0 Å². The molecule has 1 aromatic rings. The van der Waals surface area contributed by atoms with Crippen molar-refractivity contribution in [3.63, 3.8) is 0 Å². The van der Waals surface area contributed by atoms with E-state index in [-0.39, 0.29) is 24.1 Å². The molecule has 3 atom stereocenters. The van der Waals surface area contributed by atoms with Crippen molar-refractivity contribution in [2.75, 3.05) is 7.11 Å². The highest BCUT2D eigenvalue weighted by atomic mass is 19.1. The molecule has 1 aliphatic carbocycles. The number of nitrogens with two attached hydrogens (primary N) is 1. The van der Waals surface area contributed by atoms with E-state index in [1.807, 2.05) is 0 Å². The van der Waals surface area contributed by atoms with Crippen LogP contribution in [0.4, 0.5) is 4.39 Å². The van der Waals surface area contributed by atoms with E-state index in [2.05, 4.69) is 0 Å². The van der Waals surface area contributed by atoms with Crippen molar-refractivity contribution >= 4 is 0 Å². The number of methoxy groups -OCH3 is 1. The van der Waals surface area contributed by atoms with Gasteiger partial charge in [0.1, 0.15) is 17.7 Å². The molecule has 0 bridgehead atoms. The second kappa shape index (κ2) is 6.35. The van der Waals surface area contributed by atoms with Gasteiger partial charge in [0.25, 0.3) is 0 Å². The molecule has 0 aromatic heterocycles. The Labute approximate surface area is 113 Å². The summed E-state index contributed by atoms with van der Waals surface area (Å²) in [4.78, 5) is 0. The summed E-state index contributed by atoms with van der Waals surface area (Å²) in [6.45, 7) is 1.77. The molecule has 19 heavy (non-hydrogen) atoms. The summed E-state index contributed by atoms with van der Waals surface area (Å²) in [6.07, 6.45) is 4.40. The van der Waals surface area contributed by atoms with Crippen LogP contribution in [-0.4, -0.2) is 19.3 Å². The number of ether oxygens (including phenoxy) is 2. The first-order valence-electron chi connectivity index (χ1n) is 6.84. The molecule has 3 nitrogen and oxygen atoms in total. The van der Waals surface area contributed by atoms with Gasteiger partial charge in [0, 0.05) is 31.2 Å². The maximum absolute atomic E-state index is 13.8. The molecule has 1 aromatic carbocycles. The van der Waals surface area contributed by atoms with Gasteiger partial charge in [0.05, 0.1) is 6.10 Å². The van der Waals surface area contributed by atoms with Gasteiger partial charge in [-0.3, -0.25) is 0 Å². The van der Waals surface area contributed by atoms with E-state index in [1.54, 1.807) is 26.2 Å². The zero-order valence-electron chi connectivity index (χ0n) is 11.6. The molecule has 106 valence electrons. The first-order chi connectivity index (χ1) is 9.10. The SMILES string of the molecule is COC1CCCC(Oc2ccc([C@@H](C)N)c(F)c2)C1. The summed E-state index contributed by atoms with van der Waals surface area (Å²) < 4.78 is 25.0. The molecule has 0 radical (unpaired) electrons. The quantitative estimate of drug-likeness (QED) is 0.911. The van der Waals surface area contributed by atoms with Crippen molar-refractivity contribution in [2.24, 2.45) is 5.73 Å². The lowest BCUT2D eigenvalue weighted by Gasteiger charge is -2.28. The van der Waals surface area contributed by atoms with E-state index in [4.69, 9.17) is 15.2 Å². The molecule has 1 saturated carbocycles. The topological polar surface area (TPSA) is 44.5 Å². The fraction of sp³-hybridized carbons (Fsp3) is 0.600. The third kappa shape index (κ3) is 3.67. The Kier molecular flexibility index (Phi) is 4.77. The second-order valence-electron chi connectivity index (χ2n) is 5.24. The Morgan fingerprint density at radius 3 is 2.68 bits per heavy atom. The predicted molar refractivity (Wildman–Crippen MR) is 72.7 cm³/mol. The lowest BCUT2D eigenvalue weighted by atomic mass is 9.95. The summed E-state index contributed by atoms with van der Waals surface area (Å²) in [5.74, 6) is 0.273. The Hall–Kier alpha value is -1.13. The van der Waals surface area contributed by atoms with Gasteiger partial charge in [-0.1, -0.05) is 6.07 Å². The molecule has 2 unspecified atom stereocenters. The molecule has 2 N–H and O–H groups in total. The van der Waals surface area contributed by atoms with Crippen molar-refractivity contribution in [1.29, 1.82) is 0 Å². The maximum atomic E-state index is 13.8. The van der Waals surface area contributed by atoms with Gasteiger partial charge in [-0.05, 0) is 32.3 Å². The normalized spacial score (nSPS) is 25.1. The van der Waals surface area contributed by atoms with Crippen LogP contribution in [0.15, 0.2) is 18.2 Å². The van der Waals surface area contributed by atoms with Crippen LogP contribution in [0, 0.1) is 5.82 Å². The van der Waals surface area contributed by atoms with Crippen LogP contribution >= 0.6 is 0 Å². The van der Waals surface area contributed by atoms with Crippen molar-refractivity contribution in [2.45, 2.75) is 50.9 Å². The first kappa shape index (κ1) is 14.3. The standard InChI is InChI=1S/C15H22FNO2/c1-10(17)14-7-6-13(9-15(14)16)19-12-5-3-4-11(8-12)18-2/h6-7,9-12H,3-5,8,17H2,1-2H3/t10-,11?,12?/m1/s1. The lowest BCUT2D eigenvalue weighted by Crippen LogP contribution is -2.29. The van der Waals surface area contributed by atoms with E-state index >= 15 is 0 Å². The summed E-state index contributed by atoms with van der Waals surface area (Å²) in [6, 6.07) is 4.61. The zero-order valence-corrected chi connectivity index (χ0v) is 11.6. The highest BCUT2D eigenvalue weighted by molar-refractivity contribution is 5.30. The van der Waals surface area contributed by atoms with Crippen LogP contribution < -0.4 is 10.5 Å². The Morgan fingerprint density at radius 1 is 1.32 bits per heavy atom. The number of hydrogen-bond donors (Lipinski definition) is 1. The first-order valence-corrected chi connectivity index (χ1v) is 6.84. The molecule has 0 heterocycles. The molecule has 0 spiro atoms. The summed E-state index contributed by atoms with van der Waals surface area (Å²) in [7, 11) is 1.73. The summed E-state index contributed by atoms with van der Waals surface area (Å²) >= 11 is 0. The maximum Gasteiger partial charge on any atom is 0.131 e. The van der Waals surface area contributed by atoms with E-state index < -0.39 is 0 Å². The average molecular weight is 267 g/mol. The Balaban J connectivity index is 2.01. The third-order valence-electron chi connectivity index (χ3n) is 3.68. The van der Waals surface area contributed by atoms with Crippen LogP contribution in [0.1, 0.15) is 44.2 Å². The van der Waals surface area contributed by atoms with Gasteiger partial charge >= 0.3 is 0 Å². The smallest absolute Gasteiger partial charge is 0.131 e. The van der Waals surface area contributed by atoms with Gasteiger partial charge < -0.3 is 15.2 Å². The van der Waals surface area contributed by atoms with Crippen LogP contribution in [0.2, 0.25) is 0 Å². The van der Waals surface area contributed by atoms with E-state index in [0.717, 1.165) is 25.7 Å². The molecule has 0 saturated heterocycles. The van der Waals surface area contributed by atoms with Crippen LogP contribution in [0.5, 0.6) is 5.75 Å². The number of halogens is 1. The molecular formula is C15H22FNO2. The molecule has 2 rings (SSSR count). The molecule has 0 amide bonds. The number of hydrogen-bond acceptors (Lipinski definition) is 3. The minimum absolute atomic E-state index is 0.110. The summed E-state index contributed by atoms with van der Waals surface area (Å²) in [5, 5.41) is 0. The van der Waals surface area contributed by atoms with E-state index in [9.17, 15) is 4.39 Å². The third-order valence-corrected chi connectivity index (χ3v) is 3.68. The highest BCUT2D eigenvalue weighted by Gasteiger charge is 2.23. The number of rotatable bonds is 4. The largest absolute Gasteiger partial charge is 0.490 e. The van der Waals surface area contributed by atoms with Crippen molar-refractivity contribution in [3.05, 3.63) is 29.6 Å². The molecule has 1 fully saturated rings. The van der Waals surface area contributed by atoms with Crippen LogP contribution in [0.3, 0.4) is 0 Å². The Morgan fingerprint density at radius 2 is 2.05 bits per heavy atom. The fourth-order valence-corrected chi connectivity index (χ4v) is 2.57. The molecule has 1 aliphatic rings. The molecule has 0 aliphatic heterocycles. The average Bonchev–Trinajstić information content (AvgIpc) is 2.38. The second-order valence-corrected chi connectivity index (χ2v) is 5.24. The highest BCUT2D eigenvalue weighted by Crippen LogP contribution is 2.27.